The summed E-state index contributed by atoms with van der Waals surface area (Å²) in [6, 6.07) is 18.2. The van der Waals surface area contributed by atoms with Crippen LogP contribution < -0.4 is 10.6 Å². The average Bonchev–Trinajstić information content (AvgIpc) is 3.24. The van der Waals surface area contributed by atoms with E-state index in [2.05, 4.69) is 24.5 Å². The molecule has 2 amide bonds. The van der Waals surface area contributed by atoms with Crippen LogP contribution in [0.25, 0.3) is 0 Å². The zero-order chi connectivity index (χ0) is 41.7. The van der Waals surface area contributed by atoms with Crippen molar-refractivity contribution in [3.05, 3.63) is 71.8 Å². The lowest BCUT2D eigenvalue weighted by atomic mass is 10.0. The summed E-state index contributed by atoms with van der Waals surface area (Å²) < 4.78 is 11.0. The van der Waals surface area contributed by atoms with Gasteiger partial charge in [-0.1, -0.05) is 218 Å². The van der Waals surface area contributed by atoms with E-state index in [-0.39, 0.29) is 31.3 Å². The Balaban J connectivity index is 1.87. The highest BCUT2D eigenvalue weighted by Gasteiger charge is 2.25. The smallest absolute Gasteiger partial charge is 0.408 e. The number of hydrogen-bond acceptors (Lipinski definition) is 8. The van der Waals surface area contributed by atoms with Gasteiger partial charge in [-0.3, -0.25) is 14.4 Å². The van der Waals surface area contributed by atoms with Crippen LogP contribution in [-0.4, -0.2) is 47.8 Å². The van der Waals surface area contributed by atoms with Crippen LogP contribution in [0, 0.1) is 5.92 Å². The molecule has 0 aliphatic carbocycles. The fraction of sp³-hybridized carbons (Fsp3) is 0.667. The minimum Gasteiger partial charge on any atom is -0.461 e. The summed E-state index contributed by atoms with van der Waals surface area (Å²) in [6.45, 7) is 5.33. The lowest BCUT2D eigenvalue weighted by Gasteiger charge is -2.19. The van der Waals surface area contributed by atoms with E-state index in [0.29, 0.717) is 24.5 Å². The normalized spacial score (nSPS) is 12.1. The maximum absolute atomic E-state index is 13.4. The standard InChI is InChI=1S/C48H76N2O6S2/c1-3-5-7-9-11-13-15-16-18-20-28-34-45(51)44(50-48(54)56-38-42-32-26-23-27-33-42)40-58-57-39-43(36-46(52)55-37-41-30-24-22-25-31-41)47(53)49-35-29-21-19-17-14-12-10-8-6-4-2/h22-27,30-33,43-44H,3-21,28-29,34-40H2,1-2H3,(H,49,53)(H,50,54)/t43-,44-/m0/s1. The van der Waals surface area contributed by atoms with Crippen molar-refractivity contribution in [1.29, 1.82) is 0 Å². The molecule has 0 aromatic heterocycles. The second-order valence-corrected chi connectivity index (χ2v) is 18.2. The predicted molar refractivity (Wildman–Crippen MR) is 244 cm³/mol. The van der Waals surface area contributed by atoms with E-state index in [1.54, 1.807) is 0 Å². The minimum absolute atomic E-state index is 0.0176. The maximum Gasteiger partial charge on any atom is 0.408 e. The Morgan fingerprint density at radius 3 is 1.52 bits per heavy atom. The molecule has 2 atom stereocenters. The van der Waals surface area contributed by atoms with Crippen molar-refractivity contribution < 1.29 is 28.7 Å². The van der Waals surface area contributed by atoms with E-state index in [1.807, 2.05) is 60.7 Å². The first-order valence-corrected chi connectivity index (χ1v) is 25.1. The van der Waals surface area contributed by atoms with Crippen molar-refractivity contribution in [2.45, 2.75) is 181 Å². The third-order valence-corrected chi connectivity index (χ3v) is 12.9. The molecular formula is C48H76N2O6S2. The summed E-state index contributed by atoms with van der Waals surface area (Å²) in [5.41, 5.74) is 1.76. The molecule has 2 aromatic rings. The van der Waals surface area contributed by atoms with Gasteiger partial charge in [-0.15, -0.1) is 0 Å². The van der Waals surface area contributed by atoms with Crippen molar-refractivity contribution >= 4 is 45.3 Å². The van der Waals surface area contributed by atoms with Gasteiger partial charge in [-0.2, -0.15) is 0 Å². The number of alkyl carbamates (subject to hydrolysis) is 1. The van der Waals surface area contributed by atoms with Gasteiger partial charge in [0.25, 0.3) is 0 Å². The first-order chi connectivity index (χ1) is 28.4. The molecule has 0 heterocycles. The Labute approximate surface area is 359 Å². The second-order valence-electron chi connectivity index (χ2n) is 15.6. The number of hydrogen-bond donors (Lipinski definition) is 2. The highest BCUT2D eigenvalue weighted by atomic mass is 33.1. The largest absolute Gasteiger partial charge is 0.461 e. The third-order valence-electron chi connectivity index (χ3n) is 10.4. The fourth-order valence-electron chi connectivity index (χ4n) is 6.70. The first kappa shape index (κ1) is 51.2. The number of benzene rings is 2. The van der Waals surface area contributed by atoms with Gasteiger partial charge in [-0.25, -0.2) is 4.79 Å². The van der Waals surface area contributed by atoms with E-state index in [9.17, 15) is 19.2 Å². The molecule has 0 aliphatic rings. The van der Waals surface area contributed by atoms with E-state index >= 15 is 0 Å². The first-order valence-electron chi connectivity index (χ1n) is 22.6. The number of carbonyl (C=O) groups excluding carboxylic acids is 4. The number of esters is 1. The molecular weight excluding hydrogens is 765 g/mol. The molecule has 10 heteroatoms. The van der Waals surface area contributed by atoms with E-state index in [0.717, 1.165) is 43.2 Å². The van der Waals surface area contributed by atoms with Crippen LogP contribution >= 0.6 is 21.6 Å². The number of ketones is 1. The number of ether oxygens (including phenoxy) is 2. The number of amides is 2. The summed E-state index contributed by atoms with van der Waals surface area (Å²) in [7, 11) is 2.87. The number of nitrogens with one attached hydrogen (secondary N) is 2. The number of Topliss-reactive ketones (excluding diaryl/α,β-unsaturated/α-hetero) is 1. The molecule has 58 heavy (non-hydrogen) atoms. The zero-order valence-electron chi connectivity index (χ0n) is 36.0. The molecule has 2 aromatic carbocycles. The lowest BCUT2D eigenvalue weighted by molar-refractivity contribution is -0.147. The van der Waals surface area contributed by atoms with E-state index < -0.39 is 24.0 Å². The van der Waals surface area contributed by atoms with E-state index in [1.165, 1.54) is 124 Å². The van der Waals surface area contributed by atoms with Crippen molar-refractivity contribution in [1.82, 2.24) is 10.6 Å². The van der Waals surface area contributed by atoms with Gasteiger partial charge >= 0.3 is 12.1 Å². The Morgan fingerprint density at radius 1 is 0.552 bits per heavy atom. The van der Waals surface area contributed by atoms with Crippen LogP contribution in [0.3, 0.4) is 0 Å². The van der Waals surface area contributed by atoms with Crippen LogP contribution in [0.5, 0.6) is 0 Å². The van der Waals surface area contributed by atoms with Crippen molar-refractivity contribution in [3.8, 4) is 0 Å². The molecule has 0 fully saturated rings. The van der Waals surface area contributed by atoms with Crippen molar-refractivity contribution in [2.75, 3.05) is 18.1 Å². The van der Waals surface area contributed by atoms with Gasteiger partial charge in [0.15, 0.2) is 5.78 Å². The molecule has 0 saturated carbocycles. The Morgan fingerprint density at radius 2 is 1.00 bits per heavy atom. The van der Waals surface area contributed by atoms with Crippen LogP contribution in [0.15, 0.2) is 60.7 Å². The quantitative estimate of drug-likeness (QED) is 0.0393. The van der Waals surface area contributed by atoms with Crippen LogP contribution in [0.4, 0.5) is 4.79 Å². The highest BCUT2D eigenvalue weighted by Crippen LogP contribution is 2.27. The highest BCUT2D eigenvalue weighted by molar-refractivity contribution is 8.76. The molecule has 2 rings (SSSR count). The summed E-state index contributed by atoms with van der Waals surface area (Å²) in [6.07, 6.45) is 25.1. The Kier molecular flexibility index (Phi) is 31.7. The maximum atomic E-state index is 13.4. The minimum atomic E-state index is -0.719. The topological polar surface area (TPSA) is 111 Å². The average molecular weight is 841 g/mol. The summed E-state index contributed by atoms with van der Waals surface area (Å²) in [4.78, 5) is 52.6. The molecule has 0 saturated heterocycles. The molecule has 0 unspecified atom stereocenters. The molecule has 2 N–H and O–H groups in total. The molecule has 0 radical (unpaired) electrons. The number of carbonyl (C=O) groups is 4. The third kappa shape index (κ3) is 27.7. The molecule has 0 aliphatic heterocycles. The monoisotopic (exact) mass is 841 g/mol. The molecule has 0 spiro atoms. The fourth-order valence-corrected chi connectivity index (χ4v) is 9.21. The number of rotatable bonds is 37. The lowest BCUT2D eigenvalue weighted by Crippen LogP contribution is -2.42. The molecule has 8 nitrogen and oxygen atoms in total. The van der Waals surface area contributed by atoms with Gasteiger partial charge in [0.1, 0.15) is 19.3 Å². The SMILES string of the molecule is CCCCCCCCCCCCCC(=O)[C@H](CSSC[C@H](CC(=O)OCc1ccccc1)C(=O)NCCCCCCCCCCCC)NC(=O)OCc1ccccc1. The van der Waals surface area contributed by atoms with Crippen LogP contribution in [-0.2, 0) is 37.1 Å². The van der Waals surface area contributed by atoms with Gasteiger partial charge in [0.2, 0.25) is 5.91 Å². The van der Waals surface area contributed by atoms with Gasteiger partial charge in [0, 0.05) is 24.5 Å². The summed E-state index contributed by atoms with van der Waals surface area (Å²) in [5.74, 6) is -0.488. The van der Waals surface area contributed by atoms with E-state index in [4.69, 9.17) is 9.47 Å². The second kappa shape index (κ2) is 35.9. The zero-order valence-corrected chi connectivity index (χ0v) is 37.6. The molecule has 0 bridgehead atoms. The van der Waals surface area contributed by atoms with Crippen molar-refractivity contribution in [3.63, 3.8) is 0 Å². The van der Waals surface area contributed by atoms with Crippen LogP contribution in [0.2, 0.25) is 0 Å². The van der Waals surface area contributed by atoms with Gasteiger partial charge in [0.05, 0.1) is 12.3 Å². The Hall–Kier alpha value is -2.98. The number of unbranched alkanes of at least 4 members (excludes halogenated alkanes) is 19. The summed E-state index contributed by atoms with van der Waals surface area (Å²) in [5, 5.41) is 5.88. The van der Waals surface area contributed by atoms with Gasteiger partial charge in [-0.05, 0) is 24.0 Å². The summed E-state index contributed by atoms with van der Waals surface area (Å²) >= 11 is 0. The Bertz CT molecular complexity index is 1230. The molecule has 326 valence electrons. The van der Waals surface area contributed by atoms with Crippen molar-refractivity contribution in [2.24, 2.45) is 5.92 Å². The van der Waals surface area contributed by atoms with Crippen LogP contribution in [0.1, 0.15) is 173 Å². The van der Waals surface area contributed by atoms with Gasteiger partial charge < -0.3 is 20.1 Å². The predicted octanol–water partition coefficient (Wildman–Crippen LogP) is 12.7.